The van der Waals surface area contributed by atoms with E-state index in [1.165, 1.54) is 24.1 Å². The van der Waals surface area contributed by atoms with Crippen LogP contribution in [0.15, 0.2) is 41.5 Å². The van der Waals surface area contributed by atoms with E-state index in [-0.39, 0.29) is 30.2 Å². The van der Waals surface area contributed by atoms with E-state index < -0.39 is 28.9 Å². The number of hydrogen-bond donors (Lipinski definition) is 2. The van der Waals surface area contributed by atoms with Gasteiger partial charge in [-0.15, -0.1) is 0 Å². The zero-order valence-corrected chi connectivity index (χ0v) is 15.8. The molecule has 2 aromatic rings. The van der Waals surface area contributed by atoms with Crippen LogP contribution < -0.4 is 5.32 Å². The van der Waals surface area contributed by atoms with Crippen molar-refractivity contribution in [2.45, 2.75) is 25.3 Å². The summed E-state index contributed by atoms with van der Waals surface area (Å²) < 4.78 is 42.4. The van der Waals surface area contributed by atoms with Gasteiger partial charge in [0.25, 0.3) is 0 Å². The SMILES string of the molecule is CC(=O)N1N=C(c2cc(F)ccc2F)CC12c1cc(F)ccc1NCC2CCO. The minimum absolute atomic E-state index is 0.0349. The van der Waals surface area contributed by atoms with E-state index in [1.54, 1.807) is 6.07 Å². The van der Waals surface area contributed by atoms with Crippen molar-refractivity contribution in [2.24, 2.45) is 11.0 Å². The summed E-state index contributed by atoms with van der Waals surface area (Å²) in [7, 11) is 0. The maximum Gasteiger partial charge on any atom is 0.240 e. The Hall–Kier alpha value is -2.87. The number of hydrazone groups is 1. The molecule has 0 saturated heterocycles. The molecule has 0 saturated carbocycles. The molecule has 2 unspecified atom stereocenters. The second-order valence-electron chi connectivity index (χ2n) is 7.38. The van der Waals surface area contributed by atoms with Crippen LogP contribution in [0.2, 0.25) is 0 Å². The minimum atomic E-state index is -1.11. The molecule has 2 aromatic carbocycles. The van der Waals surface area contributed by atoms with Crippen molar-refractivity contribution in [3.63, 3.8) is 0 Å². The van der Waals surface area contributed by atoms with Crippen LogP contribution in [0.5, 0.6) is 0 Å². The molecule has 0 radical (unpaired) electrons. The van der Waals surface area contributed by atoms with E-state index in [0.717, 1.165) is 18.2 Å². The first-order valence-electron chi connectivity index (χ1n) is 9.35. The Morgan fingerprint density at radius 2 is 1.97 bits per heavy atom. The standard InChI is InChI=1S/C21H20F3N3O2/c1-12(29)27-21(10-20(26-27)16-8-14(22)2-4-18(16)24)13(6-7-28)11-25-19-5-3-15(23)9-17(19)21/h2-5,8-9,13,25,28H,6-7,10-11H2,1H3. The number of aliphatic hydroxyl groups is 1. The van der Waals surface area contributed by atoms with E-state index in [0.29, 0.717) is 24.2 Å². The number of anilines is 1. The molecule has 2 N–H and O–H groups in total. The normalized spacial score (nSPS) is 23.0. The third kappa shape index (κ3) is 3.07. The lowest BCUT2D eigenvalue weighted by Gasteiger charge is -2.47. The third-order valence-corrected chi connectivity index (χ3v) is 5.71. The third-order valence-electron chi connectivity index (χ3n) is 5.71. The van der Waals surface area contributed by atoms with Crippen LogP contribution in [0.25, 0.3) is 0 Å². The van der Waals surface area contributed by atoms with E-state index >= 15 is 0 Å². The number of aliphatic hydroxyl groups excluding tert-OH is 1. The quantitative estimate of drug-likeness (QED) is 0.826. The first-order valence-corrected chi connectivity index (χ1v) is 9.35. The Morgan fingerprint density at radius 1 is 1.24 bits per heavy atom. The molecule has 2 atom stereocenters. The fourth-order valence-electron chi connectivity index (χ4n) is 4.47. The fourth-order valence-corrected chi connectivity index (χ4v) is 4.47. The summed E-state index contributed by atoms with van der Waals surface area (Å²) in [5.41, 5.74) is 0.214. The van der Waals surface area contributed by atoms with E-state index in [9.17, 15) is 23.1 Å². The lowest BCUT2D eigenvalue weighted by molar-refractivity contribution is -0.137. The summed E-state index contributed by atoms with van der Waals surface area (Å²) in [4.78, 5) is 12.6. The Bertz CT molecular complexity index is 1010. The second kappa shape index (κ2) is 7.18. The smallest absolute Gasteiger partial charge is 0.240 e. The van der Waals surface area contributed by atoms with Gasteiger partial charge in [0.2, 0.25) is 5.91 Å². The van der Waals surface area contributed by atoms with Crippen molar-refractivity contribution in [1.82, 2.24) is 5.01 Å². The highest BCUT2D eigenvalue weighted by Gasteiger charge is 2.54. The number of nitrogens with one attached hydrogen (secondary N) is 1. The predicted octanol–water partition coefficient (Wildman–Crippen LogP) is 3.38. The van der Waals surface area contributed by atoms with E-state index in [2.05, 4.69) is 10.4 Å². The summed E-state index contributed by atoms with van der Waals surface area (Å²) in [6.07, 6.45) is 0.400. The van der Waals surface area contributed by atoms with Gasteiger partial charge in [-0.1, -0.05) is 0 Å². The van der Waals surface area contributed by atoms with Gasteiger partial charge in [0.05, 0.1) is 5.71 Å². The molecule has 2 aliphatic rings. The number of rotatable bonds is 3. The van der Waals surface area contributed by atoms with Gasteiger partial charge in [0.15, 0.2) is 0 Å². The topological polar surface area (TPSA) is 64.9 Å². The van der Waals surface area contributed by atoms with Crippen LogP contribution in [0, 0.1) is 23.4 Å². The molecule has 29 heavy (non-hydrogen) atoms. The van der Waals surface area contributed by atoms with Crippen molar-refractivity contribution in [2.75, 3.05) is 18.5 Å². The zero-order chi connectivity index (χ0) is 20.8. The molecule has 5 nitrogen and oxygen atoms in total. The Labute approximate surface area is 165 Å². The van der Waals surface area contributed by atoms with E-state index in [1.807, 2.05) is 0 Å². The molecule has 2 aliphatic heterocycles. The lowest BCUT2D eigenvalue weighted by Crippen LogP contribution is -2.53. The molecular formula is C21H20F3N3O2. The van der Waals surface area contributed by atoms with Gasteiger partial charge in [-0.25, -0.2) is 18.2 Å². The molecule has 0 aromatic heterocycles. The lowest BCUT2D eigenvalue weighted by atomic mass is 9.70. The minimum Gasteiger partial charge on any atom is -0.396 e. The van der Waals surface area contributed by atoms with Crippen LogP contribution in [-0.4, -0.2) is 34.9 Å². The molecule has 2 heterocycles. The second-order valence-corrected chi connectivity index (χ2v) is 7.38. The molecular weight excluding hydrogens is 383 g/mol. The number of carbonyl (C=O) groups excluding carboxylic acids is 1. The molecule has 1 spiro atoms. The largest absolute Gasteiger partial charge is 0.396 e. The van der Waals surface area contributed by atoms with Gasteiger partial charge < -0.3 is 10.4 Å². The van der Waals surface area contributed by atoms with Crippen molar-refractivity contribution in [1.29, 1.82) is 0 Å². The van der Waals surface area contributed by atoms with Gasteiger partial charge in [-0.05, 0) is 42.8 Å². The van der Waals surface area contributed by atoms with Crippen molar-refractivity contribution in [3.05, 3.63) is 65.0 Å². The van der Waals surface area contributed by atoms with Crippen molar-refractivity contribution in [3.8, 4) is 0 Å². The maximum absolute atomic E-state index is 14.4. The first kappa shape index (κ1) is 19.4. The van der Waals surface area contributed by atoms with Crippen LogP contribution in [0.4, 0.5) is 18.9 Å². The molecule has 1 amide bonds. The van der Waals surface area contributed by atoms with E-state index in [4.69, 9.17) is 0 Å². The van der Waals surface area contributed by atoms with Gasteiger partial charge in [0, 0.05) is 49.2 Å². The number of halogens is 3. The van der Waals surface area contributed by atoms with Gasteiger partial charge in [-0.3, -0.25) is 4.79 Å². The monoisotopic (exact) mass is 403 g/mol. The van der Waals surface area contributed by atoms with Crippen LogP contribution >= 0.6 is 0 Å². The summed E-state index contributed by atoms with van der Waals surface area (Å²) in [6.45, 7) is 1.60. The van der Waals surface area contributed by atoms with Crippen LogP contribution in [-0.2, 0) is 10.3 Å². The highest BCUT2D eigenvalue weighted by atomic mass is 19.1. The molecule has 8 heteroatoms. The molecule has 0 aliphatic carbocycles. The highest BCUT2D eigenvalue weighted by Crippen LogP contribution is 2.51. The Kier molecular flexibility index (Phi) is 4.82. The molecule has 152 valence electrons. The van der Waals surface area contributed by atoms with Crippen LogP contribution in [0.1, 0.15) is 30.9 Å². The number of hydrogen-bond acceptors (Lipinski definition) is 4. The molecule has 0 fully saturated rings. The summed E-state index contributed by atoms with van der Waals surface area (Å²) in [5, 5.41) is 18.4. The van der Waals surface area contributed by atoms with Crippen LogP contribution in [0.3, 0.4) is 0 Å². The number of benzene rings is 2. The fraction of sp³-hybridized carbons (Fsp3) is 0.333. The molecule has 0 bridgehead atoms. The number of amides is 1. The number of fused-ring (bicyclic) bond motifs is 2. The summed E-state index contributed by atoms with van der Waals surface area (Å²) in [6, 6.07) is 7.30. The molecule has 4 rings (SSSR count). The van der Waals surface area contributed by atoms with Gasteiger partial charge in [-0.2, -0.15) is 5.10 Å². The average molecular weight is 403 g/mol. The predicted molar refractivity (Wildman–Crippen MR) is 102 cm³/mol. The highest BCUT2D eigenvalue weighted by molar-refractivity contribution is 6.04. The maximum atomic E-state index is 14.4. The number of carbonyl (C=O) groups is 1. The zero-order valence-electron chi connectivity index (χ0n) is 15.8. The van der Waals surface area contributed by atoms with Gasteiger partial charge in [0.1, 0.15) is 23.0 Å². The first-order chi connectivity index (χ1) is 13.9. The Morgan fingerprint density at radius 3 is 2.69 bits per heavy atom. The van der Waals surface area contributed by atoms with Gasteiger partial charge >= 0.3 is 0 Å². The Balaban J connectivity index is 1.91. The number of nitrogens with zero attached hydrogens (tertiary/aromatic N) is 2. The van der Waals surface area contributed by atoms with Crippen molar-refractivity contribution >= 4 is 17.3 Å². The average Bonchev–Trinajstić information content (AvgIpc) is 3.08. The van der Waals surface area contributed by atoms with Crippen molar-refractivity contribution < 1.29 is 23.1 Å². The summed E-state index contributed by atoms with van der Waals surface area (Å²) >= 11 is 0. The summed E-state index contributed by atoms with van der Waals surface area (Å²) in [5.74, 6) is -2.48.